The Balaban J connectivity index is 1.32. The normalized spacial score (nSPS) is 16.7. The number of rotatable bonds is 4. The molecule has 1 fully saturated rings. The summed E-state index contributed by atoms with van der Waals surface area (Å²) in [6.07, 6.45) is 8.12. The second kappa shape index (κ2) is 8.17. The molecule has 6 rings (SSSR count). The van der Waals surface area contributed by atoms with Gasteiger partial charge in [0.05, 0.1) is 36.3 Å². The molecular formula is C24H23N7OS. The number of anilines is 1. The molecule has 0 spiro atoms. The number of ether oxygens (including phenoxy) is 1. The van der Waals surface area contributed by atoms with Gasteiger partial charge >= 0.3 is 0 Å². The van der Waals surface area contributed by atoms with Crippen LogP contribution >= 0.6 is 11.8 Å². The summed E-state index contributed by atoms with van der Waals surface area (Å²) < 4.78 is 9.51. The van der Waals surface area contributed by atoms with Gasteiger partial charge in [0.1, 0.15) is 0 Å². The quantitative estimate of drug-likeness (QED) is 0.403. The molecule has 0 N–H and O–H groups in total. The molecule has 1 saturated heterocycles. The number of nitrogens with zero attached hydrogens (tertiary/aromatic N) is 7. The van der Waals surface area contributed by atoms with Gasteiger partial charge in [0, 0.05) is 53.9 Å². The molecule has 0 aliphatic carbocycles. The van der Waals surface area contributed by atoms with Crippen molar-refractivity contribution in [2.45, 2.75) is 23.1 Å². The Kier molecular flexibility index (Phi) is 5.00. The van der Waals surface area contributed by atoms with Crippen LogP contribution in [0.3, 0.4) is 0 Å². The van der Waals surface area contributed by atoms with Crippen LogP contribution in [-0.4, -0.2) is 55.2 Å². The van der Waals surface area contributed by atoms with E-state index in [0.29, 0.717) is 0 Å². The predicted octanol–water partition coefficient (Wildman–Crippen LogP) is 4.05. The second-order valence-corrected chi connectivity index (χ2v) is 9.35. The number of morpholine rings is 1. The number of aromatic nitrogens is 6. The highest BCUT2D eigenvalue weighted by molar-refractivity contribution is 7.99. The summed E-state index contributed by atoms with van der Waals surface area (Å²) in [5.41, 5.74) is 5.06. The summed E-state index contributed by atoms with van der Waals surface area (Å²) in [7, 11) is 1.92. The van der Waals surface area contributed by atoms with E-state index in [1.807, 2.05) is 42.2 Å². The van der Waals surface area contributed by atoms with Gasteiger partial charge in [-0.25, -0.2) is 0 Å². The first-order chi connectivity index (χ1) is 16.1. The van der Waals surface area contributed by atoms with Crippen LogP contribution in [0.1, 0.15) is 6.92 Å². The van der Waals surface area contributed by atoms with Crippen LogP contribution < -0.4 is 4.90 Å². The van der Waals surface area contributed by atoms with Crippen molar-refractivity contribution in [1.29, 1.82) is 0 Å². The predicted molar refractivity (Wildman–Crippen MR) is 129 cm³/mol. The molecule has 1 atom stereocenters. The van der Waals surface area contributed by atoms with E-state index in [1.165, 1.54) is 0 Å². The molecule has 1 aliphatic heterocycles. The molecule has 0 unspecified atom stereocenters. The molecule has 9 heteroatoms. The number of benzene rings is 1. The number of hydrogen-bond acceptors (Lipinski definition) is 7. The van der Waals surface area contributed by atoms with E-state index in [4.69, 9.17) is 4.74 Å². The minimum Gasteiger partial charge on any atom is -0.375 e. The maximum atomic E-state index is 5.68. The molecule has 166 valence electrons. The number of aryl methyl sites for hydroxylation is 1. The Bertz CT molecular complexity index is 1460. The molecule has 0 amide bonds. The van der Waals surface area contributed by atoms with E-state index < -0.39 is 0 Å². The average molecular weight is 458 g/mol. The highest BCUT2D eigenvalue weighted by atomic mass is 32.2. The van der Waals surface area contributed by atoms with Crippen molar-refractivity contribution in [1.82, 2.24) is 29.4 Å². The molecule has 5 aromatic rings. The van der Waals surface area contributed by atoms with Gasteiger partial charge < -0.3 is 9.64 Å². The fraction of sp³-hybridized carbons (Fsp3) is 0.250. The molecule has 33 heavy (non-hydrogen) atoms. The third-order valence-electron chi connectivity index (χ3n) is 5.86. The smallest absolute Gasteiger partial charge is 0.200 e. The van der Waals surface area contributed by atoms with Gasteiger partial charge in [0.25, 0.3) is 0 Å². The Morgan fingerprint density at radius 1 is 1.03 bits per heavy atom. The molecule has 0 saturated carbocycles. The first kappa shape index (κ1) is 20.2. The molecule has 8 nitrogen and oxygen atoms in total. The van der Waals surface area contributed by atoms with Crippen LogP contribution in [-0.2, 0) is 11.8 Å². The molecule has 1 aliphatic rings. The largest absolute Gasteiger partial charge is 0.375 e. The van der Waals surface area contributed by atoms with Crippen molar-refractivity contribution in [3.8, 4) is 11.1 Å². The lowest BCUT2D eigenvalue weighted by Crippen LogP contribution is -2.41. The lowest BCUT2D eigenvalue weighted by Gasteiger charge is -2.32. The minimum atomic E-state index is 0.231. The summed E-state index contributed by atoms with van der Waals surface area (Å²) in [6, 6.07) is 12.6. The fourth-order valence-electron chi connectivity index (χ4n) is 4.17. The zero-order chi connectivity index (χ0) is 22.4. The summed E-state index contributed by atoms with van der Waals surface area (Å²) in [6.45, 7) is 4.62. The summed E-state index contributed by atoms with van der Waals surface area (Å²) in [4.78, 5) is 8.12. The zero-order valence-corrected chi connectivity index (χ0v) is 19.2. The Labute approximate surface area is 195 Å². The van der Waals surface area contributed by atoms with Gasteiger partial charge in [0.2, 0.25) is 0 Å². The highest BCUT2D eigenvalue weighted by Crippen LogP contribution is 2.31. The van der Waals surface area contributed by atoms with Gasteiger partial charge in [-0.15, -0.1) is 10.2 Å². The van der Waals surface area contributed by atoms with Crippen molar-refractivity contribution in [3.05, 3.63) is 61.2 Å². The third kappa shape index (κ3) is 3.94. The lowest BCUT2D eigenvalue weighted by atomic mass is 10.2. The molecule has 5 heterocycles. The SMILES string of the molecule is C[C@@H]1CN(c2cnc3ccc(Sc4nnc5ccc(-c6cnn(C)c6)cn45)cc3c2)CCO1. The van der Waals surface area contributed by atoms with Crippen LogP contribution in [0.2, 0.25) is 0 Å². The van der Waals surface area contributed by atoms with Crippen molar-refractivity contribution in [3.63, 3.8) is 0 Å². The van der Waals surface area contributed by atoms with Crippen LogP contribution in [0.4, 0.5) is 5.69 Å². The van der Waals surface area contributed by atoms with Gasteiger partial charge in [-0.05, 0) is 55.1 Å². The van der Waals surface area contributed by atoms with Gasteiger partial charge in [-0.2, -0.15) is 5.10 Å². The van der Waals surface area contributed by atoms with Crippen molar-refractivity contribution < 1.29 is 4.74 Å². The molecule has 1 aromatic carbocycles. The van der Waals surface area contributed by atoms with Crippen molar-refractivity contribution >= 4 is 34.0 Å². The maximum Gasteiger partial charge on any atom is 0.200 e. The first-order valence-corrected chi connectivity index (χ1v) is 11.7. The second-order valence-electron chi connectivity index (χ2n) is 8.31. The van der Waals surface area contributed by atoms with Crippen molar-refractivity contribution in [2.24, 2.45) is 7.05 Å². The number of fused-ring (bicyclic) bond motifs is 2. The maximum absolute atomic E-state index is 5.68. The number of pyridine rings is 2. The van der Waals surface area contributed by atoms with Crippen molar-refractivity contribution in [2.75, 3.05) is 24.6 Å². The highest BCUT2D eigenvalue weighted by Gasteiger charge is 2.18. The molecule has 0 radical (unpaired) electrons. The summed E-state index contributed by atoms with van der Waals surface area (Å²) >= 11 is 1.60. The Morgan fingerprint density at radius 3 is 2.82 bits per heavy atom. The standard InChI is InChI=1S/C24H23N7OS/c1-16-13-30(7-8-32-16)20-9-18-10-21(4-5-22(18)25-12-20)33-24-28-27-23-6-3-17(15-31(23)24)19-11-26-29(2)14-19/h3-6,9-12,14-16H,7-8,13H2,1-2H3/t16-/m1/s1. The topological polar surface area (TPSA) is 73.4 Å². The zero-order valence-electron chi connectivity index (χ0n) is 18.4. The molecule has 4 aromatic heterocycles. The van der Waals surface area contributed by atoms with Crippen LogP contribution in [0.5, 0.6) is 0 Å². The first-order valence-electron chi connectivity index (χ1n) is 10.9. The van der Waals surface area contributed by atoms with E-state index >= 15 is 0 Å². The summed E-state index contributed by atoms with van der Waals surface area (Å²) in [5, 5.41) is 15.0. The van der Waals surface area contributed by atoms with E-state index in [-0.39, 0.29) is 6.10 Å². The molecule has 0 bridgehead atoms. The van der Waals surface area contributed by atoms with Gasteiger partial charge in [-0.1, -0.05) is 0 Å². The van der Waals surface area contributed by atoms with Gasteiger partial charge in [-0.3, -0.25) is 14.1 Å². The summed E-state index contributed by atoms with van der Waals surface area (Å²) in [5.74, 6) is 0. The number of hydrogen-bond donors (Lipinski definition) is 0. The average Bonchev–Trinajstić information content (AvgIpc) is 3.44. The third-order valence-corrected chi connectivity index (χ3v) is 6.81. The van der Waals surface area contributed by atoms with E-state index in [0.717, 1.165) is 63.1 Å². The van der Waals surface area contributed by atoms with Gasteiger partial charge in [0.15, 0.2) is 10.8 Å². The van der Waals surface area contributed by atoms with Crippen LogP contribution in [0.25, 0.3) is 27.7 Å². The molecular weight excluding hydrogens is 434 g/mol. The van der Waals surface area contributed by atoms with Crippen LogP contribution in [0.15, 0.2) is 71.2 Å². The monoisotopic (exact) mass is 457 g/mol. The van der Waals surface area contributed by atoms with E-state index in [1.54, 1.807) is 16.4 Å². The van der Waals surface area contributed by atoms with E-state index in [2.05, 4.69) is 62.6 Å². The minimum absolute atomic E-state index is 0.231. The fourth-order valence-corrected chi connectivity index (χ4v) is 5.03. The Hall–Kier alpha value is -3.43. The Morgan fingerprint density at radius 2 is 1.97 bits per heavy atom. The van der Waals surface area contributed by atoms with E-state index in [9.17, 15) is 0 Å². The van der Waals surface area contributed by atoms with Crippen LogP contribution in [0, 0.1) is 0 Å². The lowest BCUT2D eigenvalue weighted by molar-refractivity contribution is 0.0532.